The van der Waals surface area contributed by atoms with Crippen LogP contribution < -0.4 is 5.73 Å². The van der Waals surface area contributed by atoms with E-state index in [9.17, 15) is 4.79 Å². The lowest BCUT2D eigenvalue weighted by atomic mass is 10.2. The second-order valence-electron chi connectivity index (χ2n) is 4.20. The molecule has 0 saturated heterocycles. The number of H-pyrrole nitrogens is 1. The molecule has 3 rings (SSSR count). The molecule has 0 saturated carbocycles. The number of carbonyl (C=O) groups is 1. The maximum absolute atomic E-state index is 10.7. The van der Waals surface area contributed by atoms with Crippen LogP contribution in [0, 0.1) is 0 Å². The zero-order chi connectivity index (χ0) is 12.5. The van der Waals surface area contributed by atoms with Crippen LogP contribution in [0.4, 0.5) is 5.69 Å². The summed E-state index contributed by atoms with van der Waals surface area (Å²) in [6, 6.07) is 11.4. The number of benzene rings is 1. The predicted octanol–water partition coefficient (Wildman–Crippen LogP) is 2.75. The fourth-order valence-corrected chi connectivity index (χ4v) is 2.05. The molecule has 3 aromatic rings. The van der Waals surface area contributed by atoms with Crippen LogP contribution in [-0.2, 0) is 6.42 Å². The quantitative estimate of drug-likeness (QED) is 0.691. The fraction of sp³-hybridized carbons (Fsp3) is 0.0714. The third-order valence-electron chi connectivity index (χ3n) is 2.91. The Kier molecular flexibility index (Phi) is 2.41. The second kappa shape index (κ2) is 4.07. The topological polar surface area (TPSA) is 72.0 Å². The van der Waals surface area contributed by atoms with Crippen LogP contribution in [0.3, 0.4) is 0 Å². The SMILES string of the molecule is Nc1cc(C=O)[nH]c1Cc1cc2ccccc2o1. The number of furan rings is 1. The lowest BCUT2D eigenvalue weighted by Crippen LogP contribution is -1.92. The molecule has 2 heterocycles. The summed E-state index contributed by atoms with van der Waals surface area (Å²) in [6.07, 6.45) is 1.30. The molecular weight excluding hydrogens is 228 g/mol. The number of nitrogens with two attached hydrogens (primary N) is 1. The minimum absolute atomic E-state index is 0.485. The summed E-state index contributed by atoms with van der Waals surface area (Å²) in [5, 5.41) is 1.06. The highest BCUT2D eigenvalue weighted by Crippen LogP contribution is 2.23. The molecule has 0 bridgehead atoms. The smallest absolute Gasteiger partial charge is 0.166 e. The molecule has 2 aromatic heterocycles. The summed E-state index contributed by atoms with van der Waals surface area (Å²) in [5.74, 6) is 0.821. The standard InChI is InChI=1S/C14H12N2O2/c15-12-6-10(8-17)16-13(12)7-11-5-9-3-1-2-4-14(9)18-11/h1-6,8,16H,7,15H2. The van der Waals surface area contributed by atoms with E-state index >= 15 is 0 Å². The molecular formula is C14H12N2O2. The molecule has 1 aromatic carbocycles. The van der Waals surface area contributed by atoms with Crippen LogP contribution in [0.25, 0.3) is 11.0 Å². The molecule has 0 aliphatic heterocycles. The van der Waals surface area contributed by atoms with Crippen LogP contribution in [0.2, 0.25) is 0 Å². The van der Waals surface area contributed by atoms with Gasteiger partial charge in [-0.05, 0) is 18.2 Å². The Balaban J connectivity index is 1.95. The van der Waals surface area contributed by atoms with E-state index < -0.39 is 0 Å². The Morgan fingerprint density at radius 1 is 1.28 bits per heavy atom. The van der Waals surface area contributed by atoms with Gasteiger partial charge in [0.15, 0.2) is 6.29 Å². The van der Waals surface area contributed by atoms with Gasteiger partial charge >= 0.3 is 0 Å². The molecule has 0 atom stereocenters. The van der Waals surface area contributed by atoms with Gasteiger partial charge in [-0.3, -0.25) is 4.79 Å². The zero-order valence-corrected chi connectivity index (χ0v) is 9.64. The minimum atomic E-state index is 0.485. The maximum atomic E-state index is 10.7. The van der Waals surface area contributed by atoms with Gasteiger partial charge in [-0.25, -0.2) is 0 Å². The largest absolute Gasteiger partial charge is 0.461 e. The van der Waals surface area contributed by atoms with E-state index in [1.807, 2.05) is 30.3 Å². The van der Waals surface area contributed by atoms with Crippen molar-refractivity contribution in [2.24, 2.45) is 0 Å². The summed E-state index contributed by atoms with van der Waals surface area (Å²) < 4.78 is 5.71. The molecule has 18 heavy (non-hydrogen) atoms. The van der Waals surface area contributed by atoms with E-state index in [0.717, 1.165) is 28.7 Å². The molecule has 0 amide bonds. The van der Waals surface area contributed by atoms with Crippen molar-refractivity contribution in [2.45, 2.75) is 6.42 Å². The van der Waals surface area contributed by atoms with Gasteiger partial charge in [0.1, 0.15) is 11.3 Å². The Morgan fingerprint density at radius 3 is 2.83 bits per heavy atom. The number of fused-ring (bicyclic) bond motifs is 1. The third-order valence-corrected chi connectivity index (χ3v) is 2.91. The summed E-state index contributed by atoms with van der Waals surface area (Å²) >= 11 is 0. The van der Waals surface area contributed by atoms with E-state index in [-0.39, 0.29) is 0 Å². The van der Waals surface area contributed by atoms with Crippen LogP contribution in [0.15, 0.2) is 40.8 Å². The first-order chi connectivity index (χ1) is 8.76. The molecule has 0 fully saturated rings. The molecule has 90 valence electrons. The number of anilines is 1. The van der Waals surface area contributed by atoms with Crippen LogP contribution in [0.1, 0.15) is 21.9 Å². The molecule has 4 heteroatoms. The highest BCUT2D eigenvalue weighted by Gasteiger charge is 2.09. The van der Waals surface area contributed by atoms with Crippen molar-refractivity contribution in [1.82, 2.24) is 4.98 Å². The number of aromatic amines is 1. The summed E-state index contributed by atoms with van der Waals surface area (Å²) in [7, 11) is 0. The summed E-state index contributed by atoms with van der Waals surface area (Å²) in [6.45, 7) is 0. The number of aldehydes is 1. The Hall–Kier alpha value is -2.49. The van der Waals surface area contributed by atoms with Gasteiger partial charge in [-0.1, -0.05) is 18.2 Å². The van der Waals surface area contributed by atoms with Gasteiger partial charge in [-0.15, -0.1) is 0 Å². The number of hydrogen-bond donors (Lipinski definition) is 2. The molecule has 0 radical (unpaired) electrons. The van der Waals surface area contributed by atoms with E-state index in [4.69, 9.17) is 10.2 Å². The monoisotopic (exact) mass is 240 g/mol. The lowest BCUT2D eigenvalue weighted by molar-refractivity contribution is 0.111. The minimum Gasteiger partial charge on any atom is -0.461 e. The molecule has 0 aliphatic rings. The Morgan fingerprint density at radius 2 is 2.11 bits per heavy atom. The Labute approximate surface area is 103 Å². The zero-order valence-electron chi connectivity index (χ0n) is 9.64. The number of nitrogens with one attached hydrogen (secondary N) is 1. The van der Waals surface area contributed by atoms with Crippen molar-refractivity contribution in [3.05, 3.63) is 53.5 Å². The van der Waals surface area contributed by atoms with Crippen LogP contribution in [0.5, 0.6) is 0 Å². The van der Waals surface area contributed by atoms with Gasteiger partial charge in [0.05, 0.1) is 11.4 Å². The summed E-state index contributed by atoms with van der Waals surface area (Å²) in [5.41, 5.74) is 8.55. The number of nitrogen functional groups attached to an aromatic ring is 1. The van der Waals surface area contributed by atoms with Crippen molar-refractivity contribution in [3.63, 3.8) is 0 Å². The summed E-state index contributed by atoms with van der Waals surface area (Å²) in [4.78, 5) is 13.6. The first-order valence-electron chi connectivity index (χ1n) is 5.66. The predicted molar refractivity (Wildman–Crippen MR) is 69.6 cm³/mol. The van der Waals surface area contributed by atoms with E-state index in [1.165, 1.54) is 0 Å². The maximum Gasteiger partial charge on any atom is 0.166 e. The second-order valence-corrected chi connectivity index (χ2v) is 4.20. The molecule has 4 nitrogen and oxygen atoms in total. The van der Waals surface area contributed by atoms with Crippen molar-refractivity contribution in [3.8, 4) is 0 Å². The molecule has 0 unspecified atom stereocenters. The van der Waals surface area contributed by atoms with Crippen LogP contribution in [-0.4, -0.2) is 11.3 Å². The highest BCUT2D eigenvalue weighted by atomic mass is 16.3. The van der Waals surface area contributed by atoms with E-state index in [2.05, 4.69) is 4.98 Å². The van der Waals surface area contributed by atoms with E-state index in [1.54, 1.807) is 6.07 Å². The van der Waals surface area contributed by atoms with E-state index in [0.29, 0.717) is 17.8 Å². The average molecular weight is 240 g/mol. The van der Waals surface area contributed by atoms with Crippen molar-refractivity contribution in [1.29, 1.82) is 0 Å². The van der Waals surface area contributed by atoms with Gasteiger partial charge in [0, 0.05) is 17.5 Å². The third kappa shape index (κ3) is 1.78. The van der Waals surface area contributed by atoms with Crippen molar-refractivity contribution in [2.75, 3.05) is 5.73 Å². The first kappa shape index (κ1) is 10.7. The molecule has 0 aliphatic carbocycles. The van der Waals surface area contributed by atoms with Gasteiger partial charge in [-0.2, -0.15) is 0 Å². The molecule has 3 N–H and O–H groups in total. The number of aromatic nitrogens is 1. The highest BCUT2D eigenvalue weighted by molar-refractivity contribution is 5.78. The van der Waals surface area contributed by atoms with Crippen molar-refractivity contribution >= 4 is 22.9 Å². The molecule has 0 spiro atoms. The average Bonchev–Trinajstić information content (AvgIpc) is 2.93. The van der Waals surface area contributed by atoms with Crippen LogP contribution >= 0.6 is 0 Å². The number of carbonyl (C=O) groups excluding carboxylic acids is 1. The van der Waals surface area contributed by atoms with Gasteiger partial charge < -0.3 is 15.1 Å². The normalized spacial score (nSPS) is 10.9. The number of hydrogen-bond acceptors (Lipinski definition) is 3. The lowest BCUT2D eigenvalue weighted by Gasteiger charge is -1.96. The van der Waals surface area contributed by atoms with Gasteiger partial charge in [0.25, 0.3) is 0 Å². The number of rotatable bonds is 3. The number of para-hydroxylation sites is 1. The Bertz CT molecular complexity index is 676. The van der Waals surface area contributed by atoms with Gasteiger partial charge in [0.2, 0.25) is 0 Å². The fourth-order valence-electron chi connectivity index (χ4n) is 2.05. The van der Waals surface area contributed by atoms with Crippen molar-refractivity contribution < 1.29 is 9.21 Å². The first-order valence-corrected chi connectivity index (χ1v) is 5.66.